The van der Waals surface area contributed by atoms with Crippen LogP contribution in [0.25, 0.3) is 0 Å². The van der Waals surface area contributed by atoms with Gasteiger partial charge in [-0.1, -0.05) is 151 Å². The van der Waals surface area contributed by atoms with Crippen molar-refractivity contribution in [3.05, 3.63) is 227 Å². The maximum Gasteiger partial charge on any atom is 0.199 e. The molecule has 0 fully saturated rings. The third kappa shape index (κ3) is 6.92. The van der Waals surface area contributed by atoms with Gasteiger partial charge in [0.25, 0.3) is 0 Å². The number of hydrogen-bond acceptors (Lipinski definition) is 2. The lowest BCUT2D eigenvalue weighted by molar-refractivity contribution is 0.640. The number of fused-ring (bicyclic) bond motifs is 2. The molecule has 285 valence electrons. The lowest BCUT2D eigenvalue weighted by Gasteiger charge is -2.40. The van der Waals surface area contributed by atoms with Gasteiger partial charge in [0, 0.05) is 68.0 Å². The van der Waals surface area contributed by atoms with Crippen LogP contribution in [0.4, 0.5) is 22.7 Å². The Morgan fingerprint density at radius 3 is 2.03 bits per heavy atom. The maximum atomic E-state index is 3.92. The summed E-state index contributed by atoms with van der Waals surface area (Å²) in [6, 6.07) is 32.0. The highest BCUT2D eigenvalue weighted by Crippen LogP contribution is 2.46. The Balaban J connectivity index is 1.42. The zero-order valence-corrected chi connectivity index (χ0v) is 35.0. The summed E-state index contributed by atoms with van der Waals surface area (Å²) in [4.78, 5) is 4.98. The van der Waals surface area contributed by atoms with E-state index in [1.807, 2.05) is 24.3 Å². The summed E-state index contributed by atoms with van der Waals surface area (Å²) in [7, 11) is 2.41. The topological polar surface area (TPSA) is 6.48 Å². The highest BCUT2D eigenvalue weighted by Gasteiger charge is 2.36. The van der Waals surface area contributed by atoms with Crippen LogP contribution in [-0.4, -0.2) is 7.28 Å². The van der Waals surface area contributed by atoms with Crippen molar-refractivity contribution < 1.29 is 0 Å². The minimum atomic E-state index is -0.331. The Kier molecular flexibility index (Phi) is 10.2. The van der Waals surface area contributed by atoms with Crippen molar-refractivity contribution in [2.75, 3.05) is 9.80 Å². The van der Waals surface area contributed by atoms with Crippen molar-refractivity contribution in [2.24, 2.45) is 0 Å². The molecule has 0 atom stereocenters. The number of benzene rings is 4. The smallest absolute Gasteiger partial charge is 0.199 e. The Labute approximate surface area is 347 Å². The lowest BCUT2D eigenvalue weighted by atomic mass is 9.58. The molecule has 0 spiro atoms. The van der Waals surface area contributed by atoms with E-state index in [0.717, 1.165) is 29.2 Å². The van der Waals surface area contributed by atoms with Gasteiger partial charge >= 0.3 is 0 Å². The van der Waals surface area contributed by atoms with Crippen LogP contribution in [0.15, 0.2) is 204 Å². The molecule has 4 aromatic carbocycles. The van der Waals surface area contributed by atoms with Crippen LogP contribution < -0.4 is 20.7 Å². The molecule has 1 aliphatic heterocycles. The monoisotopic (exact) mass is 751 g/mol. The van der Waals surface area contributed by atoms with Crippen LogP contribution in [0, 0.1) is 0 Å². The molecule has 4 aliphatic rings. The van der Waals surface area contributed by atoms with E-state index >= 15 is 0 Å². The van der Waals surface area contributed by atoms with Crippen molar-refractivity contribution in [3.63, 3.8) is 0 Å². The molecule has 3 heteroatoms. The minimum Gasteiger partial charge on any atom is -0.318 e. The molecule has 0 unspecified atom stereocenters. The second kappa shape index (κ2) is 15.3. The van der Waals surface area contributed by atoms with Crippen molar-refractivity contribution >= 4 is 41.0 Å². The molecule has 0 bridgehead atoms. The fourth-order valence-corrected chi connectivity index (χ4v) is 8.64. The number of hydrogen-bond donors (Lipinski definition) is 0. The first-order valence-electron chi connectivity index (χ1n) is 20.4. The summed E-state index contributed by atoms with van der Waals surface area (Å²) >= 11 is 0. The third-order valence-corrected chi connectivity index (χ3v) is 12.5. The van der Waals surface area contributed by atoms with Crippen molar-refractivity contribution in [1.29, 1.82) is 0 Å². The van der Waals surface area contributed by atoms with Crippen LogP contribution >= 0.6 is 0 Å². The van der Waals surface area contributed by atoms with E-state index in [1.54, 1.807) is 0 Å². The number of allylic oxidation sites excluding steroid dienone is 14. The van der Waals surface area contributed by atoms with Crippen molar-refractivity contribution in [3.8, 4) is 0 Å². The molecule has 1 heterocycles. The summed E-state index contributed by atoms with van der Waals surface area (Å²) in [6.45, 7) is 20.1. The molecule has 1 radical (unpaired) electrons. The first kappa shape index (κ1) is 38.6. The normalized spacial score (nSPS) is 15.7. The van der Waals surface area contributed by atoms with Crippen molar-refractivity contribution in [1.82, 2.24) is 0 Å². The molecule has 58 heavy (non-hydrogen) atoms. The highest BCUT2D eigenvalue weighted by atomic mass is 15.2. The van der Waals surface area contributed by atoms with Crippen LogP contribution in [0.2, 0.25) is 0 Å². The Morgan fingerprint density at radius 2 is 1.38 bits per heavy atom. The van der Waals surface area contributed by atoms with Crippen molar-refractivity contribution in [2.45, 2.75) is 71.1 Å². The number of rotatable bonds is 12. The zero-order chi connectivity index (χ0) is 40.7. The van der Waals surface area contributed by atoms with Gasteiger partial charge in [-0.25, -0.2) is 0 Å². The fourth-order valence-electron chi connectivity index (χ4n) is 8.64. The third-order valence-electron chi connectivity index (χ3n) is 12.5. The van der Waals surface area contributed by atoms with Gasteiger partial charge in [-0.15, -0.1) is 11.5 Å². The molecule has 0 N–H and O–H groups in total. The largest absolute Gasteiger partial charge is 0.318 e. The van der Waals surface area contributed by atoms with Crippen LogP contribution in [0.1, 0.15) is 77.1 Å². The molecule has 2 nitrogen and oxygen atoms in total. The molecular weight excluding hydrogens is 699 g/mol. The standard InChI is InChI=1S/C55H52BN2/c1-9-10-12-22-39(2)57(46-30-19-20-31-46)50-37-45(55(7,8)42-27-17-18-28-42)38-51-52(50)56-48-34-33-44(54(5,6)40-23-13-11-14-24-40)36-49(48)58(51)47-32-21-29-43(35-47)53(3,4)41-25-15-16-26-41/h9-25,27,29-30,32-38H,1,31H2,2-8H3/b12-10-,39-22+. The van der Waals surface area contributed by atoms with Gasteiger partial charge in [0.1, 0.15) is 0 Å². The van der Waals surface area contributed by atoms with Gasteiger partial charge < -0.3 is 9.80 Å². The second-order valence-corrected chi connectivity index (χ2v) is 17.2. The van der Waals surface area contributed by atoms with Gasteiger partial charge in [-0.3, -0.25) is 0 Å². The van der Waals surface area contributed by atoms with E-state index in [9.17, 15) is 0 Å². The van der Waals surface area contributed by atoms with E-state index in [0.29, 0.717) is 0 Å². The van der Waals surface area contributed by atoms with E-state index < -0.39 is 0 Å². The summed E-state index contributed by atoms with van der Waals surface area (Å²) in [6.07, 6.45) is 28.2. The zero-order valence-electron chi connectivity index (χ0n) is 35.0. The molecule has 0 amide bonds. The van der Waals surface area contributed by atoms with Gasteiger partial charge in [0.2, 0.25) is 0 Å². The quantitative estimate of drug-likeness (QED) is 0.0712. The highest BCUT2D eigenvalue weighted by molar-refractivity contribution is 6.73. The lowest BCUT2D eigenvalue weighted by Crippen LogP contribution is -2.43. The van der Waals surface area contributed by atoms with E-state index in [1.165, 1.54) is 55.7 Å². The molecular formula is C55H52BN2. The fraction of sp³-hybridized carbons (Fsp3) is 0.200. The number of anilines is 4. The van der Waals surface area contributed by atoms with Crippen LogP contribution in [0.3, 0.4) is 0 Å². The van der Waals surface area contributed by atoms with Gasteiger partial charge in [-0.2, -0.15) is 0 Å². The Bertz CT molecular complexity index is 2640. The Morgan fingerprint density at radius 1 is 0.707 bits per heavy atom. The second-order valence-electron chi connectivity index (χ2n) is 17.2. The summed E-state index contributed by atoms with van der Waals surface area (Å²) in [5.41, 5.74) is 22.9. The molecule has 8 rings (SSSR count). The van der Waals surface area contributed by atoms with Gasteiger partial charge in [0.05, 0.1) is 0 Å². The van der Waals surface area contributed by atoms with Gasteiger partial charge in [-0.05, 0) is 101 Å². The van der Waals surface area contributed by atoms with E-state index in [4.69, 9.17) is 0 Å². The predicted molar refractivity (Wildman–Crippen MR) is 250 cm³/mol. The average molecular weight is 752 g/mol. The summed E-state index contributed by atoms with van der Waals surface area (Å²) in [5, 5.41) is 0. The number of nitrogens with zero attached hydrogens (tertiary/aromatic N) is 2. The van der Waals surface area contributed by atoms with Gasteiger partial charge in [0.15, 0.2) is 7.28 Å². The molecule has 0 saturated heterocycles. The summed E-state index contributed by atoms with van der Waals surface area (Å²) < 4.78 is 0. The first-order chi connectivity index (χ1) is 27.9. The first-order valence-corrected chi connectivity index (χ1v) is 20.4. The van der Waals surface area contributed by atoms with E-state index in [-0.39, 0.29) is 16.2 Å². The maximum absolute atomic E-state index is 3.92. The average Bonchev–Trinajstić information content (AvgIpc) is 4.06. The SMILES string of the molecule is C=C/C=C\C=C(/C)N(C1=CC=CC1)c1cc(C(C)(C)C2=C=CC=C2)cc2c1[B]c1ccc(C(C)(C)c3ccccc3)cc1N2c1cccc(C(C)(C)C2=C=CC=C2)c1. The Hall–Kier alpha value is -6.24. The van der Waals surface area contributed by atoms with Crippen LogP contribution in [-0.2, 0) is 16.2 Å². The van der Waals surface area contributed by atoms with Crippen LogP contribution in [0.5, 0.6) is 0 Å². The molecule has 3 aliphatic carbocycles. The summed E-state index contributed by atoms with van der Waals surface area (Å²) in [5.74, 6) is 0. The predicted octanol–water partition coefficient (Wildman–Crippen LogP) is 12.6. The van der Waals surface area contributed by atoms with E-state index in [2.05, 4.69) is 223 Å². The minimum absolute atomic E-state index is 0.220. The molecule has 0 saturated carbocycles. The molecule has 4 aromatic rings. The molecule has 0 aromatic heterocycles.